The van der Waals surface area contributed by atoms with Gasteiger partial charge in [0, 0.05) is 26.1 Å². The van der Waals surface area contributed by atoms with Crippen molar-refractivity contribution in [2.24, 2.45) is 0 Å². The minimum Gasteiger partial charge on any atom is -0.444 e. The number of aliphatic hydroxyl groups is 1. The second kappa shape index (κ2) is 7.93. The Bertz CT molecular complexity index is 623. The third-order valence-electron chi connectivity index (χ3n) is 5.40. The van der Waals surface area contributed by atoms with Crippen molar-refractivity contribution in [3.63, 3.8) is 0 Å². The van der Waals surface area contributed by atoms with Crippen molar-refractivity contribution in [3.05, 3.63) is 12.7 Å². The summed E-state index contributed by atoms with van der Waals surface area (Å²) in [4.78, 5) is 29.4. The number of ether oxygens (including phenoxy) is 1. The van der Waals surface area contributed by atoms with Gasteiger partial charge in [-0.05, 0) is 52.9 Å². The molecule has 6 nitrogen and oxygen atoms in total. The number of rotatable bonds is 4. The Labute approximate surface area is 162 Å². The van der Waals surface area contributed by atoms with Crippen molar-refractivity contribution in [2.75, 3.05) is 19.6 Å². The van der Waals surface area contributed by atoms with Gasteiger partial charge in [-0.2, -0.15) is 0 Å². The zero-order chi connectivity index (χ0) is 20.3. The average molecular weight is 376 g/mol. The van der Waals surface area contributed by atoms with Crippen LogP contribution < -0.4 is 0 Å². The summed E-state index contributed by atoms with van der Waals surface area (Å²) in [5.41, 5.74) is -2.50. The first-order valence-corrected chi connectivity index (χ1v) is 9.64. The summed E-state index contributed by atoms with van der Waals surface area (Å²) < 4.78 is 5.52. The fourth-order valence-corrected chi connectivity index (χ4v) is 4.01. The molecule has 2 aliphatic rings. The smallest absolute Gasteiger partial charge is 0.411 e. The van der Waals surface area contributed by atoms with Gasteiger partial charge in [-0.25, -0.2) is 4.79 Å². The number of piperidine rings is 1. The molecule has 0 aromatic carbocycles. The first-order valence-electron chi connectivity index (χ1n) is 9.64. The number of nitrogens with zero attached hydrogens (tertiary/aromatic N) is 2. The van der Waals surface area contributed by atoms with Crippen molar-refractivity contribution < 1.29 is 19.4 Å². The van der Waals surface area contributed by atoms with Gasteiger partial charge in [-0.15, -0.1) is 18.9 Å². The van der Waals surface area contributed by atoms with E-state index < -0.39 is 22.8 Å². The number of amides is 2. The Balaban J connectivity index is 2.20. The number of terminal acetylenes is 1. The molecule has 0 saturated carbocycles. The molecule has 27 heavy (non-hydrogen) atoms. The maximum atomic E-state index is 13.4. The van der Waals surface area contributed by atoms with Crippen LogP contribution in [-0.2, 0) is 9.53 Å². The molecule has 2 saturated heterocycles. The van der Waals surface area contributed by atoms with Gasteiger partial charge in [0.15, 0.2) is 0 Å². The predicted octanol–water partition coefficient (Wildman–Crippen LogP) is 2.71. The van der Waals surface area contributed by atoms with E-state index in [1.807, 2.05) is 0 Å². The minimum atomic E-state index is -1.05. The van der Waals surface area contributed by atoms with Gasteiger partial charge in [-0.3, -0.25) is 9.69 Å². The molecule has 1 atom stereocenters. The maximum absolute atomic E-state index is 13.4. The zero-order valence-corrected chi connectivity index (χ0v) is 16.8. The Morgan fingerprint density at radius 3 is 2.41 bits per heavy atom. The van der Waals surface area contributed by atoms with Crippen LogP contribution in [0.25, 0.3) is 0 Å². The fraction of sp³-hybridized carbons (Fsp3) is 0.714. The molecule has 1 N–H and O–H groups in total. The minimum absolute atomic E-state index is 0.135. The topological polar surface area (TPSA) is 70.1 Å². The highest BCUT2D eigenvalue weighted by molar-refractivity contribution is 5.91. The molecular weight excluding hydrogens is 344 g/mol. The van der Waals surface area contributed by atoms with Crippen LogP contribution in [0.1, 0.15) is 59.3 Å². The van der Waals surface area contributed by atoms with Crippen LogP contribution in [-0.4, -0.2) is 63.3 Å². The van der Waals surface area contributed by atoms with Crippen molar-refractivity contribution in [1.29, 1.82) is 0 Å². The Hall–Kier alpha value is -2.00. The van der Waals surface area contributed by atoms with Crippen molar-refractivity contribution in [2.45, 2.75) is 76.0 Å². The monoisotopic (exact) mass is 376 g/mol. The molecule has 2 rings (SSSR count). The van der Waals surface area contributed by atoms with E-state index in [1.54, 1.807) is 31.7 Å². The first kappa shape index (κ1) is 21.3. The molecule has 0 spiro atoms. The number of hydrogen-bond acceptors (Lipinski definition) is 4. The van der Waals surface area contributed by atoms with E-state index in [-0.39, 0.29) is 12.3 Å². The third-order valence-corrected chi connectivity index (χ3v) is 5.40. The molecule has 0 bridgehead atoms. The quantitative estimate of drug-likeness (QED) is 0.605. The molecule has 1 unspecified atom stereocenters. The fourth-order valence-electron chi connectivity index (χ4n) is 4.01. The highest BCUT2D eigenvalue weighted by atomic mass is 16.6. The van der Waals surface area contributed by atoms with Crippen LogP contribution >= 0.6 is 0 Å². The number of carbonyl (C=O) groups is 2. The van der Waals surface area contributed by atoms with E-state index in [0.29, 0.717) is 51.7 Å². The van der Waals surface area contributed by atoms with Crippen LogP contribution in [0.3, 0.4) is 0 Å². The lowest BCUT2D eigenvalue weighted by Gasteiger charge is -2.44. The summed E-state index contributed by atoms with van der Waals surface area (Å²) in [6.07, 6.45) is 9.69. The van der Waals surface area contributed by atoms with Crippen LogP contribution in [0.2, 0.25) is 0 Å². The second-order valence-corrected chi connectivity index (χ2v) is 8.66. The average Bonchev–Trinajstić information content (AvgIpc) is 2.99. The molecule has 0 aromatic rings. The van der Waals surface area contributed by atoms with Gasteiger partial charge in [0.05, 0.1) is 5.60 Å². The molecule has 0 aromatic heterocycles. The summed E-state index contributed by atoms with van der Waals surface area (Å²) in [7, 11) is 0. The van der Waals surface area contributed by atoms with E-state index in [9.17, 15) is 14.7 Å². The molecule has 2 fully saturated rings. The molecule has 2 heterocycles. The van der Waals surface area contributed by atoms with Gasteiger partial charge in [0.2, 0.25) is 5.91 Å². The zero-order valence-electron chi connectivity index (χ0n) is 16.8. The third kappa shape index (κ3) is 4.65. The van der Waals surface area contributed by atoms with Crippen LogP contribution in [0.15, 0.2) is 12.7 Å². The molecule has 150 valence electrons. The van der Waals surface area contributed by atoms with Crippen molar-refractivity contribution >= 4 is 12.0 Å². The van der Waals surface area contributed by atoms with Crippen LogP contribution in [0.5, 0.6) is 0 Å². The highest BCUT2D eigenvalue weighted by Gasteiger charge is 2.52. The van der Waals surface area contributed by atoms with Crippen molar-refractivity contribution in [1.82, 2.24) is 9.80 Å². The van der Waals surface area contributed by atoms with Gasteiger partial charge >= 0.3 is 6.09 Å². The lowest BCUT2D eigenvalue weighted by atomic mass is 9.85. The highest BCUT2D eigenvalue weighted by Crippen LogP contribution is 2.37. The Morgan fingerprint density at radius 2 is 1.89 bits per heavy atom. The normalized spacial score (nSPS) is 25.0. The molecule has 0 aliphatic carbocycles. The predicted molar refractivity (Wildman–Crippen MR) is 104 cm³/mol. The van der Waals surface area contributed by atoms with Crippen LogP contribution in [0, 0.1) is 12.3 Å². The largest absolute Gasteiger partial charge is 0.444 e. The van der Waals surface area contributed by atoms with E-state index >= 15 is 0 Å². The lowest BCUT2D eigenvalue weighted by molar-refractivity contribution is -0.146. The maximum Gasteiger partial charge on any atom is 0.411 e. The van der Waals surface area contributed by atoms with Gasteiger partial charge in [-0.1, -0.05) is 6.08 Å². The van der Waals surface area contributed by atoms with E-state index in [0.717, 1.165) is 0 Å². The Kier molecular flexibility index (Phi) is 6.26. The molecule has 6 heteroatoms. The van der Waals surface area contributed by atoms with Crippen LogP contribution in [0.4, 0.5) is 4.79 Å². The number of carbonyl (C=O) groups excluding carboxylic acids is 2. The van der Waals surface area contributed by atoms with E-state index in [1.165, 1.54) is 4.90 Å². The van der Waals surface area contributed by atoms with Gasteiger partial charge in [0.25, 0.3) is 0 Å². The van der Waals surface area contributed by atoms with E-state index in [4.69, 9.17) is 11.2 Å². The lowest BCUT2D eigenvalue weighted by Crippen LogP contribution is -2.61. The summed E-state index contributed by atoms with van der Waals surface area (Å²) in [6.45, 7) is 10.4. The summed E-state index contributed by atoms with van der Waals surface area (Å²) in [6, 6.07) is 0. The molecule has 2 amide bonds. The Morgan fingerprint density at radius 1 is 1.26 bits per heavy atom. The second-order valence-electron chi connectivity index (χ2n) is 8.66. The number of likely N-dealkylation sites (tertiary alicyclic amines) is 2. The van der Waals surface area contributed by atoms with Gasteiger partial charge < -0.3 is 14.7 Å². The molecular formula is C21H32N2O4. The first-order chi connectivity index (χ1) is 12.6. The summed E-state index contributed by atoms with van der Waals surface area (Å²) in [5, 5.41) is 10.5. The standard InChI is InChI=1S/C21H32N2O4/c1-6-9-20(26)12-15-22(16-13-20)17(24)21(10-7-2)11-8-14-23(21)18(25)27-19(3,4)5/h2,6,26H,1,8-16H2,3-5H3. The molecule has 0 radical (unpaired) electrons. The summed E-state index contributed by atoms with van der Waals surface area (Å²) in [5.74, 6) is 2.46. The number of hydrogen-bond donors (Lipinski definition) is 1. The van der Waals surface area contributed by atoms with E-state index in [2.05, 4.69) is 12.5 Å². The van der Waals surface area contributed by atoms with Gasteiger partial charge in [0.1, 0.15) is 11.1 Å². The van der Waals surface area contributed by atoms with Crippen molar-refractivity contribution in [3.8, 4) is 12.3 Å². The molecule has 2 aliphatic heterocycles. The summed E-state index contributed by atoms with van der Waals surface area (Å²) >= 11 is 0. The SMILES string of the molecule is C#CCC1(C(=O)N2CCC(O)(CC=C)CC2)CCCN1C(=O)OC(C)(C)C.